The zero-order valence-corrected chi connectivity index (χ0v) is 25.8. The van der Waals surface area contributed by atoms with E-state index >= 15 is 0 Å². The first-order chi connectivity index (χ1) is 23.7. The average Bonchev–Trinajstić information content (AvgIpc) is 3.67. The normalized spacial score (nSPS) is 11.3. The van der Waals surface area contributed by atoms with E-state index in [0.29, 0.717) is 11.3 Å². The van der Waals surface area contributed by atoms with Crippen molar-refractivity contribution < 1.29 is 0 Å². The number of benzene rings is 7. The van der Waals surface area contributed by atoms with Gasteiger partial charge in [-0.15, -0.1) is 0 Å². The molecule has 0 atom stereocenters. The van der Waals surface area contributed by atoms with Crippen LogP contribution in [0.3, 0.4) is 0 Å². The highest BCUT2D eigenvalue weighted by atomic mass is 15.0. The fourth-order valence-electron chi connectivity index (χ4n) is 7.19. The Kier molecular flexibility index (Phi) is 6.22. The lowest BCUT2D eigenvalue weighted by Gasteiger charge is -2.16. The molecule has 0 aliphatic carbocycles. The molecule has 0 N–H and O–H groups in total. The van der Waals surface area contributed by atoms with Gasteiger partial charge in [0.25, 0.3) is 0 Å². The van der Waals surface area contributed by atoms with E-state index in [1.54, 1.807) is 0 Å². The van der Waals surface area contributed by atoms with Gasteiger partial charge in [0.1, 0.15) is 0 Å². The van der Waals surface area contributed by atoms with Gasteiger partial charge in [-0.05, 0) is 94.4 Å². The summed E-state index contributed by atoms with van der Waals surface area (Å²) >= 11 is 0. The molecule has 9 aromatic rings. The van der Waals surface area contributed by atoms with E-state index < -0.39 is 0 Å². The van der Waals surface area contributed by atoms with Gasteiger partial charge in [-0.1, -0.05) is 91.0 Å². The average molecular weight is 611 g/mol. The molecule has 48 heavy (non-hydrogen) atoms. The summed E-state index contributed by atoms with van der Waals surface area (Å²) < 4.78 is 4.55. The molecule has 0 saturated heterocycles. The zero-order valence-electron chi connectivity index (χ0n) is 25.8. The van der Waals surface area contributed by atoms with Gasteiger partial charge in [0, 0.05) is 27.5 Å². The third-order valence-corrected chi connectivity index (χ3v) is 9.29. The summed E-state index contributed by atoms with van der Waals surface area (Å²) in [6.07, 6.45) is 0. The van der Waals surface area contributed by atoms with Crippen molar-refractivity contribution in [2.75, 3.05) is 0 Å². The second-order valence-electron chi connectivity index (χ2n) is 12.1. The highest BCUT2D eigenvalue weighted by Gasteiger charge is 2.17. The molecule has 0 aliphatic rings. The quantitative estimate of drug-likeness (QED) is 0.183. The van der Waals surface area contributed by atoms with E-state index in [2.05, 4.69) is 135 Å². The van der Waals surface area contributed by atoms with E-state index in [1.807, 2.05) is 42.5 Å². The van der Waals surface area contributed by atoms with Crippen LogP contribution in [-0.2, 0) is 0 Å². The van der Waals surface area contributed by atoms with E-state index in [0.717, 1.165) is 66.5 Å². The Morgan fingerprint density at radius 3 is 1.50 bits per heavy atom. The lowest BCUT2D eigenvalue weighted by molar-refractivity contribution is 1.17. The van der Waals surface area contributed by atoms with Crippen LogP contribution in [0.15, 0.2) is 158 Å². The van der Waals surface area contributed by atoms with Crippen molar-refractivity contribution in [1.82, 2.24) is 9.13 Å². The molecule has 0 radical (unpaired) electrons. The van der Waals surface area contributed by atoms with Crippen molar-refractivity contribution in [3.05, 3.63) is 175 Å². The molecular formula is C44H26N4. The Morgan fingerprint density at radius 2 is 0.917 bits per heavy atom. The van der Waals surface area contributed by atoms with E-state index in [4.69, 9.17) is 6.57 Å². The number of para-hydroxylation sites is 3. The summed E-state index contributed by atoms with van der Waals surface area (Å²) in [6.45, 7) is 7.63. The maximum atomic E-state index is 10.3. The maximum absolute atomic E-state index is 10.3. The Labute approximate surface area is 277 Å². The van der Waals surface area contributed by atoms with Crippen LogP contribution in [0.25, 0.3) is 82.1 Å². The van der Waals surface area contributed by atoms with Crippen LogP contribution in [-0.4, -0.2) is 9.13 Å². The molecule has 9 rings (SSSR count). The fourth-order valence-corrected chi connectivity index (χ4v) is 7.19. The molecule has 7 aromatic carbocycles. The van der Waals surface area contributed by atoms with Crippen LogP contribution in [0.5, 0.6) is 0 Å². The van der Waals surface area contributed by atoms with Crippen molar-refractivity contribution in [2.45, 2.75) is 0 Å². The van der Waals surface area contributed by atoms with Crippen LogP contribution in [0.1, 0.15) is 5.56 Å². The first-order valence-electron chi connectivity index (χ1n) is 15.9. The molecule has 0 unspecified atom stereocenters. The van der Waals surface area contributed by atoms with Gasteiger partial charge in [-0.3, -0.25) is 0 Å². The van der Waals surface area contributed by atoms with Gasteiger partial charge >= 0.3 is 0 Å². The van der Waals surface area contributed by atoms with Crippen molar-refractivity contribution >= 4 is 49.3 Å². The lowest BCUT2D eigenvalue weighted by Crippen LogP contribution is -1.98. The molecular weight excluding hydrogens is 585 g/mol. The summed E-state index contributed by atoms with van der Waals surface area (Å²) in [7, 11) is 0. The summed E-state index contributed by atoms with van der Waals surface area (Å²) in [4.78, 5) is 3.71. The lowest BCUT2D eigenvalue weighted by atomic mass is 9.96. The van der Waals surface area contributed by atoms with Crippen molar-refractivity contribution in [2.24, 2.45) is 0 Å². The van der Waals surface area contributed by atoms with Crippen LogP contribution in [0.4, 0.5) is 5.69 Å². The Hall–Kier alpha value is -6.88. The number of aromatic nitrogens is 2. The van der Waals surface area contributed by atoms with Gasteiger partial charge in [0.15, 0.2) is 5.69 Å². The summed E-state index contributed by atoms with van der Waals surface area (Å²) in [5.74, 6) is 0. The van der Waals surface area contributed by atoms with Crippen molar-refractivity contribution in [3.8, 4) is 39.7 Å². The minimum absolute atomic E-state index is 0.597. The third-order valence-electron chi connectivity index (χ3n) is 9.29. The van der Waals surface area contributed by atoms with Crippen LogP contribution >= 0.6 is 0 Å². The zero-order chi connectivity index (χ0) is 32.2. The Bertz CT molecular complexity index is 2750. The number of hydrogen-bond acceptors (Lipinski definition) is 1. The fraction of sp³-hybridized carbons (Fsp3) is 0. The molecule has 0 amide bonds. The smallest absolute Gasteiger partial charge is 0.188 e. The first-order valence-corrected chi connectivity index (χ1v) is 15.9. The highest BCUT2D eigenvalue weighted by molar-refractivity contribution is 6.11. The molecule has 0 spiro atoms. The molecule has 0 fully saturated rings. The highest BCUT2D eigenvalue weighted by Crippen LogP contribution is 2.39. The van der Waals surface area contributed by atoms with Crippen LogP contribution in [0.2, 0.25) is 0 Å². The summed E-state index contributed by atoms with van der Waals surface area (Å²) in [5, 5.41) is 14.8. The minimum atomic E-state index is 0.597. The molecule has 0 saturated carbocycles. The molecule has 2 heterocycles. The van der Waals surface area contributed by atoms with Crippen LogP contribution < -0.4 is 0 Å². The molecule has 0 aliphatic heterocycles. The third kappa shape index (κ3) is 4.29. The Balaban J connectivity index is 1.33. The summed E-state index contributed by atoms with van der Waals surface area (Å²) in [5.41, 5.74) is 11.6. The van der Waals surface area contributed by atoms with Crippen molar-refractivity contribution in [3.63, 3.8) is 0 Å². The van der Waals surface area contributed by atoms with E-state index in [9.17, 15) is 5.26 Å². The number of nitrogens with zero attached hydrogens (tertiary/aromatic N) is 4. The van der Waals surface area contributed by atoms with Crippen LogP contribution in [0, 0.1) is 17.9 Å². The van der Waals surface area contributed by atoms with Gasteiger partial charge in [0.2, 0.25) is 0 Å². The van der Waals surface area contributed by atoms with E-state index in [-0.39, 0.29) is 0 Å². The largest absolute Gasteiger partial charge is 0.309 e. The number of nitriles is 1. The van der Waals surface area contributed by atoms with Gasteiger partial charge < -0.3 is 9.13 Å². The number of hydrogen-bond donors (Lipinski definition) is 0. The Morgan fingerprint density at radius 1 is 0.438 bits per heavy atom. The van der Waals surface area contributed by atoms with E-state index in [1.165, 1.54) is 10.8 Å². The second kappa shape index (κ2) is 10.9. The van der Waals surface area contributed by atoms with Gasteiger partial charge in [-0.2, -0.15) is 5.26 Å². The maximum Gasteiger partial charge on any atom is 0.188 e. The topological polar surface area (TPSA) is 38.0 Å². The van der Waals surface area contributed by atoms with Gasteiger partial charge in [-0.25, -0.2) is 4.85 Å². The predicted molar refractivity (Wildman–Crippen MR) is 197 cm³/mol. The monoisotopic (exact) mass is 610 g/mol. The molecule has 4 heteroatoms. The summed E-state index contributed by atoms with van der Waals surface area (Å²) in [6, 6.07) is 56.8. The molecule has 2 aromatic heterocycles. The first kappa shape index (κ1) is 27.4. The predicted octanol–water partition coefficient (Wildman–Crippen LogP) is 11.6. The second-order valence-corrected chi connectivity index (χ2v) is 12.1. The number of rotatable bonds is 4. The molecule has 4 nitrogen and oxygen atoms in total. The number of fused-ring (bicyclic) bond motifs is 6. The standard InChI is InChI=1S/C44H26N4/c1-46-34-19-20-44-40(27-34)39-15-7-10-18-43(39)48(44)36-25-32(30-11-3-2-4-12-30)23-33(26-36)31-21-29(28-45)22-35(24-31)47-41-16-8-5-13-37(41)38-14-6-9-17-42(38)47/h2-27H. The molecule has 0 bridgehead atoms. The molecule has 222 valence electrons. The minimum Gasteiger partial charge on any atom is -0.309 e. The SMILES string of the molecule is [C-]#[N+]c1ccc2c(c1)c1ccccc1n2-c1cc(-c2ccccc2)cc(-c2cc(C#N)cc(-n3c4ccccc4c4ccccc43)c2)c1. The van der Waals surface area contributed by atoms with Crippen molar-refractivity contribution in [1.29, 1.82) is 5.26 Å². The van der Waals surface area contributed by atoms with Gasteiger partial charge in [0.05, 0.1) is 40.3 Å².